The first-order valence-electron chi connectivity index (χ1n) is 7.28. The van der Waals surface area contributed by atoms with E-state index in [9.17, 15) is 4.79 Å². The van der Waals surface area contributed by atoms with Crippen molar-refractivity contribution in [1.82, 2.24) is 9.88 Å². The van der Waals surface area contributed by atoms with Gasteiger partial charge in [-0.2, -0.15) is 0 Å². The molecule has 5 heteroatoms. The second-order valence-electron chi connectivity index (χ2n) is 5.46. The summed E-state index contributed by atoms with van der Waals surface area (Å²) in [6.45, 7) is 3.44. The molecule has 0 bridgehead atoms. The monoisotopic (exact) mass is 295 g/mol. The zero-order valence-corrected chi connectivity index (χ0v) is 12.7. The minimum Gasteiger partial charge on any atom is -0.384 e. The number of likely N-dealkylation sites (tertiary alicyclic amines) is 1. The molecule has 1 atom stereocenters. The number of amides is 1. The van der Waals surface area contributed by atoms with Gasteiger partial charge in [-0.25, -0.2) is 4.98 Å². The number of nitrogens with zero attached hydrogens (tertiary/aromatic N) is 2. The molecule has 1 aliphatic rings. The molecule has 2 heterocycles. The SMILES string of the molecule is CCCC1CCC(=O)N(Cc2nc(N)ccc2Cl)CC1. The lowest BCUT2D eigenvalue weighted by Crippen LogP contribution is -2.30. The molecule has 0 aliphatic carbocycles. The highest BCUT2D eigenvalue weighted by atomic mass is 35.5. The molecule has 0 radical (unpaired) electrons. The lowest BCUT2D eigenvalue weighted by molar-refractivity contribution is -0.131. The van der Waals surface area contributed by atoms with E-state index in [0.29, 0.717) is 35.4 Å². The second kappa shape index (κ2) is 6.93. The van der Waals surface area contributed by atoms with Gasteiger partial charge in [-0.1, -0.05) is 31.4 Å². The zero-order valence-electron chi connectivity index (χ0n) is 11.9. The molecule has 4 nitrogen and oxygen atoms in total. The summed E-state index contributed by atoms with van der Waals surface area (Å²) < 4.78 is 0. The lowest BCUT2D eigenvalue weighted by atomic mass is 9.96. The Balaban J connectivity index is 2.04. The summed E-state index contributed by atoms with van der Waals surface area (Å²) in [5.41, 5.74) is 6.38. The van der Waals surface area contributed by atoms with Crippen molar-refractivity contribution in [3.63, 3.8) is 0 Å². The highest BCUT2D eigenvalue weighted by molar-refractivity contribution is 6.31. The van der Waals surface area contributed by atoms with Crippen molar-refractivity contribution in [1.29, 1.82) is 0 Å². The van der Waals surface area contributed by atoms with Crippen LogP contribution in [0.25, 0.3) is 0 Å². The van der Waals surface area contributed by atoms with Crippen LogP contribution in [0.4, 0.5) is 5.82 Å². The number of nitrogen functional groups attached to an aromatic ring is 1. The minimum absolute atomic E-state index is 0.198. The Morgan fingerprint density at radius 2 is 2.25 bits per heavy atom. The average molecular weight is 296 g/mol. The number of pyridine rings is 1. The fourth-order valence-electron chi connectivity index (χ4n) is 2.75. The van der Waals surface area contributed by atoms with E-state index in [1.165, 1.54) is 12.8 Å². The Hall–Kier alpha value is -1.29. The molecule has 2 rings (SSSR count). The van der Waals surface area contributed by atoms with E-state index in [-0.39, 0.29) is 5.91 Å². The van der Waals surface area contributed by atoms with Crippen LogP contribution >= 0.6 is 11.6 Å². The van der Waals surface area contributed by atoms with Crippen LogP contribution < -0.4 is 5.73 Å². The van der Waals surface area contributed by atoms with E-state index < -0.39 is 0 Å². The normalized spacial score (nSPS) is 20.0. The van der Waals surface area contributed by atoms with Crippen molar-refractivity contribution in [3.05, 3.63) is 22.8 Å². The van der Waals surface area contributed by atoms with Crippen LogP contribution in [0.5, 0.6) is 0 Å². The summed E-state index contributed by atoms with van der Waals surface area (Å²) in [5.74, 6) is 1.30. The molecule has 1 saturated heterocycles. The molecule has 1 aromatic rings. The van der Waals surface area contributed by atoms with Crippen molar-refractivity contribution < 1.29 is 4.79 Å². The van der Waals surface area contributed by atoms with Crippen molar-refractivity contribution >= 4 is 23.3 Å². The molecule has 0 saturated carbocycles. The summed E-state index contributed by atoms with van der Waals surface area (Å²) >= 11 is 6.13. The van der Waals surface area contributed by atoms with Crippen LogP contribution in [0, 0.1) is 5.92 Å². The van der Waals surface area contributed by atoms with E-state index in [1.54, 1.807) is 12.1 Å². The molecular weight excluding hydrogens is 274 g/mol. The summed E-state index contributed by atoms with van der Waals surface area (Å²) in [7, 11) is 0. The molecule has 1 fully saturated rings. The van der Waals surface area contributed by atoms with Gasteiger partial charge in [0.1, 0.15) is 5.82 Å². The van der Waals surface area contributed by atoms with Crippen molar-refractivity contribution in [2.24, 2.45) is 5.92 Å². The Morgan fingerprint density at radius 3 is 3.00 bits per heavy atom. The third-order valence-electron chi connectivity index (χ3n) is 3.90. The molecule has 20 heavy (non-hydrogen) atoms. The quantitative estimate of drug-likeness (QED) is 0.927. The summed E-state index contributed by atoms with van der Waals surface area (Å²) in [6, 6.07) is 3.41. The molecule has 0 spiro atoms. The highest BCUT2D eigenvalue weighted by Crippen LogP contribution is 2.25. The average Bonchev–Trinajstić information content (AvgIpc) is 2.59. The summed E-state index contributed by atoms with van der Waals surface area (Å²) in [4.78, 5) is 18.3. The predicted molar refractivity (Wildman–Crippen MR) is 81.3 cm³/mol. The van der Waals surface area contributed by atoms with Gasteiger partial charge in [0.15, 0.2) is 0 Å². The van der Waals surface area contributed by atoms with E-state index in [1.807, 2.05) is 4.90 Å². The van der Waals surface area contributed by atoms with Gasteiger partial charge in [0, 0.05) is 13.0 Å². The van der Waals surface area contributed by atoms with Crippen LogP contribution in [0.1, 0.15) is 44.7 Å². The van der Waals surface area contributed by atoms with Gasteiger partial charge >= 0.3 is 0 Å². The van der Waals surface area contributed by atoms with Gasteiger partial charge in [-0.05, 0) is 30.9 Å². The number of aromatic nitrogens is 1. The van der Waals surface area contributed by atoms with Crippen LogP contribution in [-0.2, 0) is 11.3 Å². The van der Waals surface area contributed by atoms with Crippen molar-refractivity contribution in [2.75, 3.05) is 12.3 Å². The maximum absolute atomic E-state index is 12.2. The number of carbonyl (C=O) groups is 1. The number of anilines is 1. The molecule has 0 aromatic carbocycles. The number of hydrogen-bond acceptors (Lipinski definition) is 3. The van der Waals surface area contributed by atoms with E-state index in [4.69, 9.17) is 17.3 Å². The third kappa shape index (κ3) is 3.85. The van der Waals surface area contributed by atoms with Crippen LogP contribution in [0.15, 0.2) is 12.1 Å². The lowest BCUT2D eigenvalue weighted by Gasteiger charge is -2.21. The maximum atomic E-state index is 12.2. The minimum atomic E-state index is 0.198. The van der Waals surface area contributed by atoms with Crippen LogP contribution in [0.2, 0.25) is 5.02 Å². The Kier molecular flexibility index (Phi) is 5.24. The van der Waals surface area contributed by atoms with Gasteiger partial charge in [0.25, 0.3) is 0 Å². The molecule has 1 unspecified atom stereocenters. The van der Waals surface area contributed by atoms with Crippen molar-refractivity contribution in [3.8, 4) is 0 Å². The van der Waals surface area contributed by atoms with Gasteiger partial charge in [-0.15, -0.1) is 0 Å². The molecule has 1 amide bonds. The summed E-state index contributed by atoms with van der Waals surface area (Å²) in [5, 5.41) is 0.571. The fraction of sp³-hybridized carbons (Fsp3) is 0.600. The van der Waals surface area contributed by atoms with Crippen molar-refractivity contribution in [2.45, 2.75) is 45.6 Å². The Morgan fingerprint density at radius 1 is 1.45 bits per heavy atom. The van der Waals surface area contributed by atoms with E-state index >= 15 is 0 Å². The molecule has 1 aromatic heterocycles. The first-order chi connectivity index (χ1) is 9.60. The maximum Gasteiger partial charge on any atom is 0.222 e. The largest absolute Gasteiger partial charge is 0.384 e. The standard InChI is InChI=1S/C15H22ClN3O/c1-2-3-11-4-7-15(20)19(9-8-11)10-13-12(16)5-6-14(17)18-13/h5-6,11H,2-4,7-10H2,1H3,(H2,17,18). The third-order valence-corrected chi connectivity index (χ3v) is 4.25. The predicted octanol–water partition coefficient (Wildman–Crippen LogP) is 3.25. The van der Waals surface area contributed by atoms with Gasteiger partial charge in [0.05, 0.1) is 17.3 Å². The number of halogens is 1. The molecule has 110 valence electrons. The molecule has 2 N–H and O–H groups in total. The molecule has 1 aliphatic heterocycles. The zero-order chi connectivity index (χ0) is 14.5. The number of hydrogen-bond donors (Lipinski definition) is 1. The van der Waals surface area contributed by atoms with Crippen LogP contribution in [-0.4, -0.2) is 22.3 Å². The second-order valence-corrected chi connectivity index (χ2v) is 5.87. The summed E-state index contributed by atoms with van der Waals surface area (Å²) in [6.07, 6.45) is 5.09. The van der Waals surface area contributed by atoms with Gasteiger partial charge < -0.3 is 10.6 Å². The van der Waals surface area contributed by atoms with Gasteiger partial charge in [-0.3, -0.25) is 4.79 Å². The fourth-order valence-corrected chi connectivity index (χ4v) is 2.92. The Bertz CT molecular complexity index is 478. The van der Waals surface area contributed by atoms with E-state index in [2.05, 4.69) is 11.9 Å². The first kappa shape index (κ1) is 15.1. The van der Waals surface area contributed by atoms with Crippen LogP contribution in [0.3, 0.4) is 0 Å². The number of rotatable bonds is 4. The Labute approximate surface area is 125 Å². The number of carbonyl (C=O) groups excluding carboxylic acids is 1. The van der Waals surface area contributed by atoms with Gasteiger partial charge in [0.2, 0.25) is 5.91 Å². The number of nitrogens with two attached hydrogens (primary N) is 1. The topological polar surface area (TPSA) is 59.2 Å². The first-order valence-corrected chi connectivity index (χ1v) is 7.66. The molecular formula is C15H22ClN3O. The smallest absolute Gasteiger partial charge is 0.222 e. The van der Waals surface area contributed by atoms with E-state index in [0.717, 1.165) is 19.4 Å². The highest BCUT2D eigenvalue weighted by Gasteiger charge is 2.23.